The number of aryl methyl sites for hydroxylation is 1. The van der Waals surface area contributed by atoms with Gasteiger partial charge in [0.2, 0.25) is 0 Å². The smallest absolute Gasteiger partial charge is 0.314 e. The minimum absolute atomic E-state index is 0.296. The Balaban J connectivity index is 1.93. The van der Waals surface area contributed by atoms with E-state index in [2.05, 4.69) is 15.2 Å². The third-order valence-electron chi connectivity index (χ3n) is 4.41. The molecule has 3 aromatic heterocycles. The lowest BCUT2D eigenvalue weighted by Crippen LogP contribution is -2.43. The Morgan fingerprint density at radius 1 is 1.22 bits per heavy atom. The Labute approximate surface area is 135 Å². The van der Waals surface area contributed by atoms with Crippen LogP contribution in [0.3, 0.4) is 0 Å². The van der Waals surface area contributed by atoms with E-state index < -0.39 is 0 Å². The highest BCUT2D eigenvalue weighted by Gasteiger charge is 2.20. The van der Waals surface area contributed by atoms with Crippen molar-refractivity contribution in [2.24, 2.45) is 14.1 Å². The van der Waals surface area contributed by atoms with Crippen LogP contribution in [0.2, 0.25) is 0 Å². The molecule has 0 unspecified atom stereocenters. The van der Waals surface area contributed by atoms with E-state index in [1.807, 2.05) is 9.78 Å². The summed E-state index contributed by atoms with van der Waals surface area (Å²) in [6.07, 6.45) is 0. The average molecular weight is 334 g/mol. The molecule has 0 atom stereocenters. The summed E-state index contributed by atoms with van der Waals surface area (Å²) in [5.41, 5.74) is 1.33. The average Bonchev–Trinajstić information content (AvgIpc) is 3.12. The Bertz CT molecular complexity index is 1000. The highest BCUT2D eigenvalue weighted by atomic mass is 32.1. The van der Waals surface area contributed by atoms with Gasteiger partial charge in [0.1, 0.15) is 0 Å². The van der Waals surface area contributed by atoms with Crippen LogP contribution in [0.25, 0.3) is 16.1 Å². The molecule has 1 aliphatic heterocycles. The zero-order valence-corrected chi connectivity index (χ0v) is 13.9. The molecule has 3 aromatic rings. The van der Waals surface area contributed by atoms with E-state index in [-0.39, 0.29) is 11.2 Å². The quantitative estimate of drug-likeness (QED) is 0.674. The van der Waals surface area contributed by atoms with Crippen molar-refractivity contribution in [3.05, 3.63) is 31.9 Å². The van der Waals surface area contributed by atoms with Gasteiger partial charge in [-0.1, -0.05) is 0 Å². The van der Waals surface area contributed by atoms with Gasteiger partial charge in [-0.3, -0.25) is 23.2 Å². The number of fused-ring (bicyclic) bond motifs is 3. The molecule has 9 heteroatoms. The van der Waals surface area contributed by atoms with Gasteiger partial charge in [-0.15, -0.1) is 11.3 Å². The first-order chi connectivity index (χ1) is 11.1. The molecule has 1 aliphatic rings. The second-order valence-corrected chi connectivity index (χ2v) is 6.70. The first kappa shape index (κ1) is 14.6. The predicted octanol–water partition coefficient (Wildman–Crippen LogP) is -0.648. The second-order valence-electron chi connectivity index (χ2n) is 5.86. The molecule has 0 radical (unpaired) electrons. The van der Waals surface area contributed by atoms with Crippen molar-refractivity contribution in [1.29, 1.82) is 0 Å². The fourth-order valence-electron chi connectivity index (χ4n) is 3.10. The van der Waals surface area contributed by atoms with Gasteiger partial charge >= 0.3 is 5.69 Å². The third kappa shape index (κ3) is 2.15. The summed E-state index contributed by atoms with van der Waals surface area (Å²) in [6.45, 7) is 4.71. The zero-order valence-electron chi connectivity index (χ0n) is 13.1. The normalized spacial score (nSPS) is 16.6. The van der Waals surface area contributed by atoms with Crippen LogP contribution in [0, 0.1) is 0 Å². The fourth-order valence-corrected chi connectivity index (χ4v) is 3.98. The van der Waals surface area contributed by atoms with Gasteiger partial charge in [0.25, 0.3) is 5.56 Å². The minimum atomic E-state index is -0.350. The molecule has 1 N–H and O–H groups in total. The van der Waals surface area contributed by atoms with Crippen molar-refractivity contribution in [2.45, 2.75) is 6.54 Å². The summed E-state index contributed by atoms with van der Waals surface area (Å²) in [5, 5.41) is 5.39. The van der Waals surface area contributed by atoms with Crippen LogP contribution in [0.15, 0.2) is 15.0 Å². The molecule has 0 bridgehead atoms. The number of imidazole rings is 1. The molecule has 4 heterocycles. The Kier molecular flexibility index (Phi) is 3.36. The van der Waals surface area contributed by atoms with Gasteiger partial charge in [-0.05, 0) is 0 Å². The van der Waals surface area contributed by atoms with Crippen molar-refractivity contribution in [3.8, 4) is 0 Å². The molecule has 23 heavy (non-hydrogen) atoms. The molecule has 4 rings (SSSR count). The monoisotopic (exact) mass is 334 g/mol. The predicted molar refractivity (Wildman–Crippen MR) is 89.2 cm³/mol. The zero-order chi connectivity index (χ0) is 16.1. The lowest BCUT2D eigenvalue weighted by Gasteiger charge is -2.26. The summed E-state index contributed by atoms with van der Waals surface area (Å²) >= 11 is 1.50. The van der Waals surface area contributed by atoms with E-state index in [9.17, 15) is 9.59 Å². The number of piperazine rings is 1. The van der Waals surface area contributed by atoms with Gasteiger partial charge in [0.05, 0.1) is 0 Å². The lowest BCUT2D eigenvalue weighted by molar-refractivity contribution is 0.230. The molecule has 0 aromatic carbocycles. The third-order valence-corrected chi connectivity index (χ3v) is 5.28. The van der Waals surface area contributed by atoms with Gasteiger partial charge < -0.3 is 5.32 Å². The minimum Gasteiger partial charge on any atom is -0.314 e. The van der Waals surface area contributed by atoms with Crippen molar-refractivity contribution < 1.29 is 0 Å². The highest BCUT2D eigenvalue weighted by molar-refractivity contribution is 7.15. The molecule has 1 saturated heterocycles. The van der Waals surface area contributed by atoms with E-state index in [1.165, 1.54) is 23.0 Å². The molecular weight excluding hydrogens is 316 g/mol. The number of nitrogens with zero attached hydrogens (tertiary/aromatic N) is 5. The molecule has 0 aliphatic carbocycles. The SMILES string of the molecule is Cn1c(=O)c2c(nc3scc(CN4CCNCC4)n32)n(C)c1=O. The number of nitrogens with one attached hydrogen (secondary N) is 1. The Morgan fingerprint density at radius 3 is 2.70 bits per heavy atom. The summed E-state index contributed by atoms with van der Waals surface area (Å²) in [5.74, 6) is 0. The number of aromatic nitrogens is 4. The van der Waals surface area contributed by atoms with Crippen molar-refractivity contribution in [3.63, 3.8) is 0 Å². The van der Waals surface area contributed by atoms with Crippen molar-refractivity contribution in [1.82, 2.24) is 28.7 Å². The summed E-state index contributed by atoms with van der Waals surface area (Å²) in [4.78, 5) is 32.3. The van der Waals surface area contributed by atoms with E-state index >= 15 is 0 Å². The molecule has 122 valence electrons. The van der Waals surface area contributed by atoms with Crippen LogP contribution in [0.4, 0.5) is 0 Å². The summed E-state index contributed by atoms with van der Waals surface area (Å²) in [6, 6.07) is 0. The largest absolute Gasteiger partial charge is 0.332 e. The standard InChI is InChI=1S/C14H18N6O2S/c1-17-11-10(12(21)18(2)14(17)22)20-9(8-23-13(20)16-11)7-19-5-3-15-4-6-19/h8,15H,3-7H2,1-2H3. The molecule has 0 amide bonds. The number of thiazole rings is 1. The van der Waals surface area contributed by atoms with Crippen molar-refractivity contribution in [2.75, 3.05) is 26.2 Å². The van der Waals surface area contributed by atoms with Gasteiger partial charge in [0.15, 0.2) is 16.1 Å². The topological polar surface area (TPSA) is 76.6 Å². The Morgan fingerprint density at radius 2 is 1.96 bits per heavy atom. The second kappa shape index (κ2) is 5.29. The van der Waals surface area contributed by atoms with Crippen LogP contribution in [-0.2, 0) is 20.6 Å². The van der Waals surface area contributed by atoms with E-state index in [1.54, 1.807) is 7.05 Å². The molecular formula is C14H18N6O2S. The van der Waals surface area contributed by atoms with Crippen LogP contribution in [-0.4, -0.2) is 49.6 Å². The Hall–Kier alpha value is -1.97. The van der Waals surface area contributed by atoms with Gasteiger partial charge in [-0.25, -0.2) is 9.78 Å². The van der Waals surface area contributed by atoms with E-state index in [0.29, 0.717) is 11.2 Å². The van der Waals surface area contributed by atoms with Gasteiger partial charge in [0, 0.05) is 57.9 Å². The first-order valence-corrected chi connectivity index (χ1v) is 8.43. The maximum Gasteiger partial charge on any atom is 0.332 e. The van der Waals surface area contributed by atoms with Crippen LogP contribution >= 0.6 is 11.3 Å². The fraction of sp³-hybridized carbons (Fsp3) is 0.500. The highest BCUT2D eigenvalue weighted by Crippen LogP contribution is 2.22. The van der Waals surface area contributed by atoms with E-state index in [4.69, 9.17) is 0 Å². The molecule has 8 nitrogen and oxygen atoms in total. The maximum absolute atomic E-state index is 12.6. The lowest BCUT2D eigenvalue weighted by atomic mass is 10.3. The molecule has 0 saturated carbocycles. The maximum atomic E-state index is 12.6. The number of hydrogen-bond donors (Lipinski definition) is 1. The van der Waals surface area contributed by atoms with Crippen LogP contribution in [0.5, 0.6) is 0 Å². The summed E-state index contributed by atoms with van der Waals surface area (Å²) in [7, 11) is 3.16. The van der Waals surface area contributed by atoms with E-state index in [0.717, 1.165) is 47.9 Å². The molecule has 0 spiro atoms. The van der Waals surface area contributed by atoms with Crippen LogP contribution in [0.1, 0.15) is 5.69 Å². The van der Waals surface area contributed by atoms with Crippen molar-refractivity contribution >= 4 is 27.5 Å². The molecule has 1 fully saturated rings. The van der Waals surface area contributed by atoms with Crippen LogP contribution < -0.4 is 16.6 Å². The number of hydrogen-bond acceptors (Lipinski definition) is 6. The summed E-state index contributed by atoms with van der Waals surface area (Å²) < 4.78 is 4.48. The van der Waals surface area contributed by atoms with Gasteiger partial charge in [-0.2, -0.15) is 0 Å². The number of rotatable bonds is 2. The first-order valence-electron chi connectivity index (χ1n) is 7.55.